The van der Waals surface area contributed by atoms with Crippen molar-refractivity contribution in [3.05, 3.63) is 70.8 Å². The average Bonchev–Trinajstić information content (AvgIpc) is 3.08. The van der Waals surface area contributed by atoms with Crippen molar-refractivity contribution >= 4 is 17.2 Å². The highest BCUT2D eigenvalue weighted by atomic mass is 32.1. The van der Waals surface area contributed by atoms with Crippen molar-refractivity contribution in [2.75, 3.05) is 0 Å². The van der Waals surface area contributed by atoms with Crippen molar-refractivity contribution in [1.29, 1.82) is 0 Å². The van der Waals surface area contributed by atoms with Crippen molar-refractivity contribution in [3.63, 3.8) is 0 Å². The lowest BCUT2D eigenvalue weighted by molar-refractivity contribution is -0.120. The van der Waals surface area contributed by atoms with Crippen LogP contribution in [0.3, 0.4) is 0 Å². The largest absolute Gasteiger partial charge is 0.352 e. The molecule has 0 aliphatic carbocycles. The van der Waals surface area contributed by atoms with E-state index in [4.69, 9.17) is 0 Å². The SMILES string of the molecule is O=C(Cc1cccnc1)NCc1cccnc1-c1ccsc1. The van der Waals surface area contributed by atoms with E-state index in [1.165, 1.54) is 0 Å². The third kappa shape index (κ3) is 3.56. The molecule has 0 saturated heterocycles. The van der Waals surface area contributed by atoms with Crippen molar-refractivity contribution in [2.45, 2.75) is 13.0 Å². The van der Waals surface area contributed by atoms with E-state index in [2.05, 4.69) is 20.7 Å². The van der Waals surface area contributed by atoms with Gasteiger partial charge in [-0.1, -0.05) is 12.1 Å². The van der Waals surface area contributed by atoms with Crippen molar-refractivity contribution in [2.24, 2.45) is 0 Å². The van der Waals surface area contributed by atoms with Gasteiger partial charge in [-0.05, 0) is 34.7 Å². The molecule has 0 bridgehead atoms. The van der Waals surface area contributed by atoms with Gasteiger partial charge < -0.3 is 5.32 Å². The Labute approximate surface area is 132 Å². The molecule has 0 unspecified atom stereocenters. The van der Waals surface area contributed by atoms with Gasteiger partial charge in [0.05, 0.1) is 12.1 Å². The summed E-state index contributed by atoms with van der Waals surface area (Å²) in [6.45, 7) is 0.470. The topological polar surface area (TPSA) is 54.9 Å². The van der Waals surface area contributed by atoms with Crippen LogP contribution in [0.15, 0.2) is 59.7 Å². The molecule has 0 aromatic carbocycles. The molecule has 0 aliphatic heterocycles. The molecule has 3 rings (SSSR count). The lowest BCUT2D eigenvalue weighted by atomic mass is 10.1. The fourth-order valence-corrected chi connectivity index (χ4v) is 2.83. The number of nitrogens with zero attached hydrogens (tertiary/aromatic N) is 2. The Kier molecular flexibility index (Phi) is 4.56. The van der Waals surface area contributed by atoms with Gasteiger partial charge in [-0.3, -0.25) is 14.8 Å². The van der Waals surface area contributed by atoms with Crippen LogP contribution in [0.4, 0.5) is 0 Å². The van der Waals surface area contributed by atoms with Gasteiger partial charge in [0.25, 0.3) is 0 Å². The first kappa shape index (κ1) is 14.4. The molecular formula is C17H15N3OS. The lowest BCUT2D eigenvalue weighted by Crippen LogP contribution is -2.25. The third-order valence-electron chi connectivity index (χ3n) is 3.25. The number of hydrogen-bond acceptors (Lipinski definition) is 4. The summed E-state index contributed by atoms with van der Waals surface area (Å²) in [6, 6.07) is 9.64. The quantitative estimate of drug-likeness (QED) is 0.788. The first-order valence-electron chi connectivity index (χ1n) is 6.95. The first-order valence-corrected chi connectivity index (χ1v) is 7.89. The summed E-state index contributed by atoms with van der Waals surface area (Å²) < 4.78 is 0. The molecule has 5 heteroatoms. The normalized spacial score (nSPS) is 10.4. The molecular weight excluding hydrogens is 294 g/mol. The van der Waals surface area contributed by atoms with Crippen LogP contribution in [0.2, 0.25) is 0 Å². The van der Waals surface area contributed by atoms with E-state index in [1.807, 2.05) is 35.7 Å². The van der Waals surface area contributed by atoms with Crippen molar-refractivity contribution < 1.29 is 4.79 Å². The van der Waals surface area contributed by atoms with Gasteiger partial charge in [-0.2, -0.15) is 11.3 Å². The van der Waals surface area contributed by atoms with E-state index in [1.54, 1.807) is 29.9 Å². The number of carbonyl (C=O) groups is 1. The summed E-state index contributed by atoms with van der Waals surface area (Å²) in [6.07, 6.45) is 5.51. The molecule has 0 atom stereocenters. The van der Waals surface area contributed by atoms with Crippen LogP contribution in [-0.4, -0.2) is 15.9 Å². The summed E-state index contributed by atoms with van der Waals surface area (Å²) in [5.41, 5.74) is 3.93. The minimum Gasteiger partial charge on any atom is -0.352 e. The molecule has 0 aliphatic rings. The fraction of sp³-hybridized carbons (Fsp3) is 0.118. The highest BCUT2D eigenvalue weighted by Crippen LogP contribution is 2.23. The van der Waals surface area contributed by atoms with E-state index >= 15 is 0 Å². The molecule has 0 spiro atoms. The summed E-state index contributed by atoms with van der Waals surface area (Å²) in [5, 5.41) is 7.03. The maximum Gasteiger partial charge on any atom is 0.224 e. The van der Waals surface area contributed by atoms with E-state index in [0.29, 0.717) is 13.0 Å². The van der Waals surface area contributed by atoms with E-state index in [-0.39, 0.29) is 5.91 Å². The smallest absolute Gasteiger partial charge is 0.224 e. The van der Waals surface area contributed by atoms with Gasteiger partial charge in [0.1, 0.15) is 0 Å². The average molecular weight is 309 g/mol. The van der Waals surface area contributed by atoms with Crippen LogP contribution >= 0.6 is 11.3 Å². The maximum absolute atomic E-state index is 12.0. The summed E-state index contributed by atoms with van der Waals surface area (Å²) in [7, 11) is 0. The second kappa shape index (κ2) is 6.95. The van der Waals surface area contributed by atoms with Crippen molar-refractivity contribution in [1.82, 2.24) is 15.3 Å². The molecule has 3 aromatic rings. The monoisotopic (exact) mass is 309 g/mol. The number of aromatic nitrogens is 2. The number of amides is 1. The van der Waals surface area contributed by atoms with Crippen LogP contribution in [0, 0.1) is 0 Å². The van der Waals surface area contributed by atoms with E-state index < -0.39 is 0 Å². The fourth-order valence-electron chi connectivity index (χ4n) is 2.18. The number of carbonyl (C=O) groups excluding carboxylic acids is 1. The van der Waals surface area contributed by atoms with Crippen LogP contribution in [0.1, 0.15) is 11.1 Å². The summed E-state index contributed by atoms with van der Waals surface area (Å²) >= 11 is 1.64. The molecule has 0 fully saturated rings. The van der Waals surface area contributed by atoms with Crippen LogP contribution in [0.25, 0.3) is 11.3 Å². The summed E-state index contributed by atoms with van der Waals surface area (Å²) in [4.78, 5) is 20.5. The predicted octanol–water partition coefficient (Wildman–Crippen LogP) is 3.06. The number of hydrogen-bond donors (Lipinski definition) is 1. The molecule has 1 N–H and O–H groups in total. The molecule has 3 heterocycles. The van der Waals surface area contributed by atoms with Crippen molar-refractivity contribution in [3.8, 4) is 11.3 Å². The zero-order valence-electron chi connectivity index (χ0n) is 11.9. The minimum absolute atomic E-state index is 0.0203. The second-order valence-electron chi connectivity index (χ2n) is 4.84. The second-order valence-corrected chi connectivity index (χ2v) is 5.62. The standard InChI is InChI=1S/C17H15N3OS/c21-16(9-13-3-1-6-18-10-13)20-11-14-4-2-7-19-17(14)15-5-8-22-12-15/h1-8,10,12H,9,11H2,(H,20,21). The number of pyridine rings is 2. The molecule has 4 nitrogen and oxygen atoms in total. The van der Waals surface area contributed by atoms with E-state index in [9.17, 15) is 4.79 Å². The Morgan fingerprint density at radius 2 is 2.09 bits per heavy atom. The van der Waals surface area contributed by atoms with Crippen LogP contribution in [-0.2, 0) is 17.8 Å². The molecule has 22 heavy (non-hydrogen) atoms. The maximum atomic E-state index is 12.0. The number of nitrogens with one attached hydrogen (secondary N) is 1. The van der Waals surface area contributed by atoms with Gasteiger partial charge in [0, 0.05) is 36.1 Å². The Balaban J connectivity index is 1.66. The Morgan fingerprint density at radius 1 is 1.18 bits per heavy atom. The highest BCUT2D eigenvalue weighted by Gasteiger charge is 2.08. The van der Waals surface area contributed by atoms with Gasteiger partial charge >= 0.3 is 0 Å². The van der Waals surface area contributed by atoms with E-state index in [0.717, 1.165) is 22.4 Å². The predicted molar refractivity (Wildman–Crippen MR) is 87.3 cm³/mol. The third-order valence-corrected chi connectivity index (χ3v) is 3.93. The Morgan fingerprint density at radius 3 is 2.86 bits per heavy atom. The zero-order chi connectivity index (χ0) is 15.2. The molecule has 1 amide bonds. The number of rotatable bonds is 5. The molecule has 3 aromatic heterocycles. The van der Waals surface area contributed by atoms with Crippen LogP contribution < -0.4 is 5.32 Å². The molecule has 0 saturated carbocycles. The van der Waals surface area contributed by atoms with Gasteiger partial charge in [-0.25, -0.2) is 0 Å². The molecule has 110 valence electrons. The van der Waals surface area contributed by atoms with Gasteiger partial charge in [0.2, 0.25) is 5.91 Å². The Hall–Kier alpha value is -2.53. The molecule has 0 radical (unpaired) electrons. The van der Waals surface area contributed by atoms with Crippen LogP contribution in [0.5, 0.6) is 0 Å². The van der Waals surface area contributed by atoms with Gasteiger partial charge in [-0.15, -0.1) is 0 Å². The first-order chi connectivity index (χ1) is 10.8. The minimum atomic E-state index is -0.0203. The Bertz CT molecular complexity index is 742. The lowest BCUT2D eigenvalue weighted by Gasteiger charge is -2.09. The van der Waals surface area contributed by atoms with Gasteiger partial charge in [0.15, 0.2) is 0 Å². The number of thiophene rings is 1. The zero-order valence-corrected chi connectivity index (χ0v) is 12.7. The highest BCUT2D eigenvalue weighted by molar-refractivity contribution is 7.08. The summed E-state index contributed by atoms with van der Waals surface area (Å²) in [5.74, 6) is -0.0203.